The van der Waals surface area contributed by atoms with Gasteiger partial charge in [0.05, 0.1) is 24.3 Å². The van der Waals surface area contributed by atoms with E-state index in [1.54, 1.807) is 12.1 Å². The summed E-state index contributed by atoms with van der Waals surface area (Å²) in [7, 11) is 0. The summed E-state index contributed by atoms with van der Waals surface area (Å²) < 4.78 is 0. The molecule has 2 amide bonds. The Morgan fingerprint density at radius 2 is 1.00 bits per heavy atom. The van der Waals surface area contributed by atoms with Crippen LogP contribution in [0, 0.1) is 11.8 Å². The summed E-state index contributed by atoms with van der Waals surface area (Å²) >= 11 is 2.59. The van der Waals surface area contributed by atoms with Crippen LogP contribution in [0.15, 0.2) is 109 Å². The molecule has 0 saturated carbocycles. The molecule has 2 aliphatic rings. The molecule has 6 rings (SSSR count). The number of benzene rings is 2. The van der Waals surface area contributed by atoms with Crippen LogP contribution in [0.5, 0.6) is 0 Å². The van der Waals surface area contributed by atoms with E-state index in [0.29, 0.717) is 35.7 Å². The Morgan fingerprint density at radius 1 is 0.613 bits per heavy atom. The largest absolute Gasteiger partial charge is 0.477 e. The summed E-state index contributed by atoms with van der Waals surface area (Å²) in [6.45, 7) is 5.41. The van der Waals surface area contributed by atoms with Gasteiger partial charge in [0.2, 0.25) is 11.8 Å². The summed E-state index contributed by atoms with van der Waals surface area (Å²) in [6, 6.07) is 27.6. The van der Waals surface area contributed by atoms with Crippen molar-refractivity contribution in [3.8, 4) is 0 Å². The molecular weight excluding hydrogens is 821 g/mol. The Morgan fingerprint density at radius 3 is 1.35 bits per heavy atom. The van der Waals surface area contributed by atoms with Crippen LogP contribution in [0.3, 0.4) is 0 Å². The fourth-order valence-electron chi connectivity index (χ4n) is 7.88. The lowest BCUT2D eigenvalue weighted by Crippen LogP contribution is -2.33. The van der Waals surface area contributed by atoms with E-state index in [2.05, 4.69) is 38.1 Å². The van der Waals surface area contributed by atoms with Gasteiger partial charge in [-0.25, -0.2) is 9.59 Å². The van der Waals surface area contributed by atoms with Gasteiger partial charge in [0.25, 0.3) is 0 Å². The summed E-state index contributed by atoms with van der Waals surface area (Å²) in [5.74, 6) is -1.20. The van der Waals surface area contributed by atoms with Crippen molar-refractivity contribution in [2.24, 2.45) is 11.8 Å². The van der Waals surface area contributed by atoms with Crippen LogP contribution in [0.25, 0.3) is 0 Å². The van der Waals surface area contributed by atoms with E-state index in [0.717, 1.165) is 74.0 Å². The van der Waals surface area contributed by atoms with Crippen LogP contribution >= 0.6 is 22.7 Å². The molecule has 4 aromatic rings. The molecule has 6 atom stereocenters. The molecule has 10 nitrogen and oxygen atoms in total. The van der Waals surface area contributed by atoms with Crippen LogP contribution in [0.2, 0.25) is 0 Å². The minimum Gasteiger partial charge on any atom is -0.477 e. The number of nitrogens with zero attached hydrogens (tertiary/aromatic N) is 2. The highest BCUT2D eigenvalue weighted by Gasteiger charge is 2.30. The van der Waals surface area contributed by atoms with Gasteiger partial charge in [-0.3, -0.25) is 9.59 Å². The molecular formula is C50H62N2O8S2. The van der Waals surface area contributed by atoms with Gasteiger partial charge in [0.1, 0.15) is 9.75 Å². The third-order valence-corrected chi connectivity index (χ3v) is 14.1. The highest BCUT2D eigenvalue weighted by molar-refractivity contribution is 7.14. The number of amides is 2. The average molecular weight is 883 g/mol. The topological polar surface area (TPSA) is 156 Å². The minimum absolute atomic E-state index is 0.0291. The lowest BCUT2D eigenvalue weighted by atomic mass is 9.95. The second kappa shape index (κ2) is 24.7. The van der Waals surface area contributed by atoms with Crippen molar-refractivity contribution in [3.63, 3.8) is 0 Å². The first-order valence-corrected chi connectivity index (χ1v) is 23.5. The van der Waals surface area contributed by atoms with Crippen molar-refractivity contribution in [2.45, 2.75) is 115 Å². The molecule has 2 aromatic carbocycles. The molecule has 4 heterocycles. The number of thiophene rings is 2. The van der Waals surface area contributed by atoms with Gasteiger partial charge in [0.15, 0.2) is 0 Å². The lowest BCUT2D eigenvalue weighted by Gasteiger charge is -2.23. The van der Waals surface area contributed by atoms with Crippen LogP contribution in [0.1, 0.15) is 105 Å². The van der Waals surface area contributed by atoms with Crippen LogP contribution < -0.4 is 0 Å². The van der Waals surface area contributed by atoms with Gasteiger partial charge < -0.3 is 30.2 Å². The van der Waals surface area contributed by atoms with Gasteiger partial charge in [0, 0.05) is 35.7 Å². The molecule has 4 N–H and O–H groups in total. The van der Waals surface area contributed by atoms with Gasteiger partial charge in [-0.15, -0.1) is 22.7 Å². The molecule has 0 radical (unpaired) electrons. The second-order valence-electron chi connectivity index (χ2n) is 16.5. The van der Waals surface area contributed by atoms with Crippen molar-refractivity contribution < 1.29 is 39.6 Å². The highest BCUT2D eigenvalue weighted by Crippen LogP contribution is 2.26. The minimum atomic E-state index is -0.896. The summed E-state index contributed by atoms with van der Waals surface area (Å²) in [5.41, 5.74) is 2.55. The van der Waals surface area contributed by atoms with Gasteiger partial charge in [-0.1, -0.05) is 98.8 Å². The molecule has 2 fully saturated rings. The first kappa shape index (κ1) is 48.2. The average Bonchev–Trinajstić information content (AvgIpc) is 4.10. The first-order chi connectivity index (χ1) is 29.9. The van der Waals surface area contributed by atoms with Crippen molar-refractivity contribution >= 4 is 46.4 Å². The van der Waals surface area contributed by atoms with E-state index in [1.807, 2.05) is 82.6 Å². The van der Waals surface area contributed by atoms with E-state index in [1.165, 1.54) is 33.8 Å². The maximum absolute atomic E-state index is 12.3. The Bertz CT molecular complexity index is 1930. The normalized spacial score (nSPS) is 18.6. The number of aromatic carboxylic acids is 2. The molecule has 0 bridgehead atoms. The molecule has 332 valence electrons. The zero-order chi connectivity index (χ0) is 44.4. The van der Waals surface area contributed by atoms with Crippen molar-refractivity contribution in [1.82, 2.24) is 9.80 Å². The second-order valence-corrected chi connectivity index (χ2v) is 18.8. The maximum atomic E-state index is 12.3. The number of aryl methyl sites for hydroxylation is 4. The summed E-state index contributed by atoms with van der Waals surface area (Å²) in [6.07, 6.45) is 16.1. The number of hydrogen-bond donors (Lipinski definition) is 4. The molecule has 12 heteroatoms. The van der Waals surface area contributed by atoms with Crippen molar-refractivity contribution in [2.75, 3.05) is 13.1 Å². The third-order valence-electron chi connectivity index (χ3n) is 11.8. The Balaban J connectivity index is 0.000000234. The fourth-order valence-corrected chi connectivity index (χ4v) is 9.65. The van der Waals surface area contributed by atoms with Gasteiger partial charge >= 0.3 is 11.9 Å². The third kappa shape index (κ3) is 15.2. The zero-order valence-corrected chi connectivity index (χ0v) is 37.5. The molecule has 62 heavy (non-hydrogen) atoms. The monoisotopic (exact) mass is 882 g/mol. The quantitative estimate of drug-likeness (QED) is 0.0570. The standard InChI is InChI=1S/2C25H31NO4S/c2*1-18(9-10-19-6-3-2-4-7-19)22(27)14-11-20-12-16-24(28)26(20)17-5-8-21-13-15-23(31-21)25(29)30/h2*2-4,6-7,11,13-15,18,20,22,27H,5,8-10,12,16-17H2,1H3,(H,29,30)/b2*14-11+/t18-,20-,22+;18-,20-,22-/m00/s1. The number of hydrogen-bond acceptors (Lipinski definition) is 8. The smallest absolute Gasteiger partial charge is 0.345 e. The molecule has 0 spiro atoms. The number of likely N-dealkylation sites (tertiary alicyclic amines) is 2. The number of carboxylic acid groups (broad SMARTS) is 2. The van der Waals surface area contributed by atoms with Crippen LogP contribution in [-0.2, 0) is 35.3 Å². The number of rotatable bonds is 22. The fraction of sp³-hybridized carbons (Fsp3) is 0.440. The Labute approximate surface area is 374 Å². The van der Waals surface area contributed by atoms with E-state index in [-0.39, 0.29) is 35.7 Å². The zero-order valence-electron chi connectivity index (χ0n) is 35.9. The van der Waals surface area contributed by atoms with Crippen molar-refractivity contribution in [1.29, 1.82) is 0 Å². The van der Waals surface area contributed by atoms with E-state index < -0.39 is 24.1 Å². The van der Waals surface area contributed by atoms with E-state index in [9.17, 15) is 29.4 Å². The molecule has 0 aliphatic carbocycles. The van der Waals surface area contributed by atoms with Gasteiger partial charge in [-0.2, -0.15) is 0 Å². The van der Waals surface area contributed by atoms with E-state index in [4.69, 9.17) is 10.2 Å². The Kier molecular flexibility index (Phi) is 19.2. The number of aliphatic hydroxyl groups excluding tert-OH is 2. The number of carbonyl (C=O) groups excluding carboxylic acids is 2. The SMILES string of the molecule is C[C@@H](CCc1ccccc1)[C@@H](O)/C=C/[C@H]1CCC(=O)N1CCCc1ccc(C(=O)O)s1.C[C@@H](CCc1ccccc1)[C@H](O)/C=C/[C@H]1CCC(=O)N1CCCc1ccc(C(=O)O)s1. The maximum Gasteiger partial charge on any atom is 0.345 e. The molecule has 0 unspecified atom stereocenters. The predicted molar refractivity (Wildman–Crippen MR) is 247 cm³/mol. The summed E-state index contributed by atoms with van der Waals surface area (Å²) in [4.78, 5) is 53.2. The van der Waals surface area contributed by atoms with Crippen LogP contribution in [-0.4, -0.2) is 91.4 Å². The lowest BCUT2D eigenvalue weighted by molar-refractivity contribution is -0.129. The van der Waals surface area contributed by atoms with Crippen LogP contribution in [0.4, 0.5) is 0 Å². The summed E-state index contributed by atoms with van der Waals surface area (Å²) in [5, 5.41) is 39.1. The molecule has 2 aromatic heterocycles. The number of carboxylic acids is 2. The van der Waals surface area contributed by atoms with Gasteiger partial charge in [-0.05, 0) is 111 Å². The predicted octanol–water partition coefficient (Wildman–Crippen LogP) is 9.11. The highest BCUT2D eigenvalue weighted by atomic mass is 32.1. The van der Waals surface area contributed by atoms with E-state index >= 15 is 0 Å². The first-order valence-electron chi connectivity index (χ1n) is 21.9. The Hall–Kier alpha value is -4.88. The number of carbonyl (C=O) groups is 4. The molecule has 2 saturated heterocycles. The molecule has 2 aliphatic heterocycles. The number of aliphatic hydroxyl groups is 2. The van der Waals surface area contributed by atoms with Crippen molar-refractivity contribution in [3.05, 3.63) is 140 Å².